The largest absolute Gasteiger partial charge is 0.329 e. The lowest BCUT2D eigenvalue weighted by atomic mass is 10.3. The quantitative estimate of drug-likeness (QED) is 0.649. The van der Waals surface area contributed by atoms with E-state index in [-0.39, 0.29) is 0 Å². The van der Waals surface area contributed by atoms with Gasteiger partial charge in [-0.1, -0.05) is 36.4 Å². The molecule has 0 saturated carbocycles. The summed E-state index contributed by atoms with van der Waals surface area (Å²) < 4.78 is 0. The smallest absolute Gasteiger partial charge is 0.120 e. The number of rotatable bonds is 0. The van der Waals surface area contributed by atoms with Crippen molar-refractivity contribution in [3.05, 3.63) is 60.0 Å². The average Bonchev–Trinajstić information content (AvgIpc) is 2.89. The maximum Gasteiger partial charge on any atom is 0.120 e. The molecule has 0 N–H and O–H groups in total. The lowest BCUT2D eigenvalue weighted by Crippen LogP contribution is -2.23. The Balaban J connectivity index is 2.18. The predicted molar refractivity (Wildman–Crippen MR) is 68.6 cm³/mol. The van der Waals surface area contributed by atoms with Crippen LogP contribution >= 0.6 is 0 Å². The minimum Gasteiger partial charge on any atom is -0.329 e. The summed E-state index contributed by atoms with van der Waals surface area (Å²) in [6.45, 7) is 0. The van der Waals surface area contributed by atoms with Crippen LogP contribution in [0.1, 0.15) is 0 Å². The van der Waals surface area contributed by atoms with E-state index in [1.165, 1.54) is 22.8 Å². The molecule has 16 heavy (non-hydrogen) atoms. The van der Waals surface area contributed by atoms with Crippen LogP contribution in [0.2, 0.25) is 0 Å². The second-order valence-corrected chi connectivity index (χ2v) is 4.10. The number of hydrogen-bond donors (Lipinski definition) is 0. The lowest BCUT2D eigenvalue weighted by Gasteiger charge is -2.20. The highest BCUT2D eigenvalue weighted by molar-refractivity contribution is 5.83. The summed E-state index contributed by atoms with van der Waals surface area (Å²) in [6, 6.07) is 8.47. The highest BCUT2D eigenvalue weighted by atomic mass is 15.4. The summed E-state index contributed by atoms with van der Waals surface area (Å²) >= 11 is 0. The van der Waals surface area contributed by atoms with E-state index in [4.69, 9.17) is 0 Å². The normalized spacial score (nSPS) is 17.6. The second-order valence-electron chi connectivity index (χ2n) is 4.10. The maximum atomic E-state index is 2.24. The molecule has 0 spiro atoms. The fraction of sp³-hybridized carbons (Fsp3) is 0.143. The van der Waals surface area contributed by atoms with Crippen LogP contribution in [0.4, 0.5) is 11.4 Å². The van der Waals surface area contributed by atoms with Crippen LogP contribution in [0.25, 0.3) is 0 Å². The molecule has 0 fully saturated rings. The van der Waals surface area contributed by atoms with Crippen molar-refractivity contribution in [2.24, 2.45) is 0 Å². The molecule has 0 amide bonds. The third-order valence-corrected chi connectivity index (χ3v) is 3.16. The van der Waals surface area contributed by atoms with Gasteiger partial charge in [0.15, 0.2) is 0 Å². The first-order valence-corrected chi connectivity index (χ1v) is 5.44. The van der Waals surface area contributed by atoms with Crippen LogP contribution < -0.4 is 9.80 Å². The Kier molecular flexibility index (Phi) is 1.90. The second kappa shape index (κ2) is 3.27. The number of anilines is 2. The summed E-state index contributed by atoms with van der Waals surface area (Å²) in [7, 11) is 4.23. The molecule has 0 unspecified atom stereocenters. The Morgan fingerprint density at radius 3 is 1.81 bits per heavy atom. The van der Waals surface area contributed by atoms with Gasteiger partial charge in [0.25, 0.3) is 0 Å². The molecule has 1 aromatic rings. The Hall–Kier alpha value is -1.96. The first-order valence-electron chi connectivity index (χ1n) is 5.44. The van der Waals surface area contributed by atoms with Crippen molar-refractivity contribution in [1.29, 1.82) is 0 Å². The van der Waals surface area contributed by atoms with Gasteiger partial charge in [0.1, 0.15) is 5.82 Å². The van der Waals surface area contributed by atoms with E-state index in [0.717, 1.165) is 0 Å². The van der Waals surface area contributed by atoms with Gasteiger partial charge < -0.3 is 9.80 Å². The van der Waals surface area contributed by atoms with E-state index in [2.05, 4.69) is 72.5 Å². The summed E-state index contributed by atoms with van der Waals surface area (Å²) in [5.41, 5.74) is 3.80. The molecule has 0 atom stereocenters. The van der Waals surface area contributed by atoms with E-state index in [1.807, 2.05) is 0 Å². The van der Waals surface area contributed by atoms with Gasteiger partial charge in [-0.2, -0.15) is 0 Å². The first-order chi connectivity index (χ1) is 7.79. The topological polar surface area (TPSA) is 6.48 Å². The van der Waals surface area contributed by atoms with E-state index >= 15 is 0 Å². The average molecular weight is 210 g/mol. The van der Waals surface area contributed by atoms with Crippen LogP contribution in [0, 0.1) is 0 Å². The van der Waals surface area contributed by atoms with Crippen LogP contribution in [0.15, 0.2) is 60.0 Å². The number of fused-ring (bicyclic) bond motifs is 1. The van der Waals surface area contributed by atoms with Gasteiger partial charge in [0, 0.05) is 19.7 Å². The van der Waals surface area contributed by atoms with Crippen molar-refractivity contribution in [3.8, 4) is 0 Å². The van der Waals surface area contributed by atoms with Crippen molar-refractivity contribution >= 4 is 11.4 Å². The van der Waals surface area contributed by atoms with E-state index in [0.29, 0.717) is 0 Å². The van der Waals surface area contributed by atoms with Gasteiger partial charge >= 0.3 is 0 Å². The van der Waals surface area contributed by atoms with Crippen LogP contribution in [-0.4, -0.2) is 14.1 Å². The van der Waals surface area contributed by atoms with Gasteiger partial charge in [-0.25, -0.2) is 0 Å². The van der Waals surface area contributed by atoms with Gasteiger partial charge in [-0.15, -0.1) is 0 Å². The van der Waals surface area contributed by atoms with Gasteiger partial charge in [-0.05, 0) is 12.1 Å². The molecule has 1 aliphatic heterocycles. The Morgan fingerprint density at radius 1 is 0.812 bits per heavy atom. The summed E-state index contributed by atoms with van der Waals surface area (Å²) in [4.78, 5) is 4.48. The standard InChI is InChI=1S/C14H14N2/c1-15-12-9-5-6-10-13(12)16(2)14(15)11-7-3-4-8-11/h3-10H,1-2H3. The van der Waals surface area contributed by atoms with Crippen LogP contribution in [0.3, 0.4) is 0 Å². The fourth-order valence-electron chi connectivity index (χ4n) is 2.39. The monoisotopic (exact) mass is 210 g/mol. The van der Waals surface area contributed by atoms with E-state index < -0.39 is 0 Å². The van der Waals surface area contributed by atoms with Gasteiger partial charge in [-0.3, -0.25) is 0 Å². The molecule has 2 heteroatoms. The molecular formula is C14H14N2. The molecule has 2 nitrogen and oxygen atoms in total. The lowest BCUT2D eigenvalue weighted by molar-refractivity contribution is 1.03. The Morgan fingerprint density at radius 2 is 1.31 bits per heavy atom. The number of nitrogens with zero attached hydrogens (tertiary/aromatic N) is 2. The highest BCUT2D eigenvalue weighted by Gasteiger charge is 2.27. The summed E-state index contributed by atoms with van der Waals surface area (Å²) in [5.74, 6) is 1.24. The molecule has 0 aromatic heterocycles. The molecule has 1 heterocycles. The van der Waals surface area contributed by atoms with Crippen molar-refractivity contribution in [3.63, 3.8) is 0 Å². The minimum atomic E-state index is 1.24. The molecule has 3 rings (SSSR count). The van der Waals surface area contributed by atoms with E-state index in [1.54, 1.807) is 0 Å². The van der Waals surface area contributed by atoms with Crippen molar-refractivity contribution in [1.82, 2.24) is 0 Å². The van der Waals surface area contributed by atoms with E-state index in [9.17, 15) is 0 Å². The molecule has 80 valence electrons. The molecule has 0 saturated heterocycles. The van der Waals surface area contributed by atoms with Crippen molar-refractivity contribution in [2.45, 2.75) is 0 Å². The number of allylic oxidation sites excluding steroid dienone is 5. The predicted octanol–water partition coefficient (Wildman–Crippen LogP) is 2.91. The number of para-hydroxylation sites is 2. The van der Waals surface area contributed by atoms with Crippen LogP contribution in [0.5, 0.6) is 0 Å². The number of benzene rings is 1. The molecular weight excluding hydrogens is 196 g/mol. The molecule has 0 radical (unpaired) electrons. The number of hydrogen-bond acceptors (Lipinski definition) is 2. The molecule has 2 aliphatic rings. The molecule has 0 bridgehead atoms. The first kappa shape index (κ1) is 9.28. The SMILES string of the molecule is CN1C(=C2C=CC=C2)N(C)c2ccccc21. The highest BCUT2D eigenvalue weighted by Crippen LogP contribution is 2.40. The third kappa shape index (κ3) is 1.13. The zero-order chi connectivity index (χ0) is 11.1. The zero-order valence-electron chi connectivity index (χ0n) is 9.51. The minimum absolute atomic E-state index is 1.24. The summed E-state index contributed by atoms with van der Waals surface area (Å²) in [5, 5.41) is 0. The summed E-state index contributed by atoms with van der Waals surface area (Å²) in [6.07, 6.45) is 8.45. The maximum absolute atomic E-state index is 2.24. The Labute approximate surface area is 95.8 Å². The van der Waals surface area contributed by atoms with Gasteiger partial charge in [0.05, 0.1) is 11.4 Å². The fourth-order valence-corrected chi connectivity index (χ4v) is 2.39. The molecule has 1 aromatic carbocycles. The third-order valence-electron chi connectivity index (χ3n) is 3.16. The Bertz CT molecular complexity index is 478. The van der Waals surface area contributed by atoms with Gasteiger partial charge in [0.2, 0.25) is 0 Å². The zero-order valence-corrected chi connectivity index (χ0v) is 9.51. The molecule has 1 aliphatic carbocycles. The van der Waals surface area contributed by atoms with Crippen LogP contribution in [-0.2, 0) is 0 Å². The van der Waals surface area contributed by atoms with Crippen molar-refractivity contribution in [2.75, 3.05) is 23.9 Å². The van der Waals surface area contributed by atoms with Crippen molar-refractivity contribution < 1.29 is 0 Å².